The van der Waals surface area contributed by atoms with Gasteiger partial charge in [-0.15, -0.1) is 0 Å². The van der Waals surface area contributed by atoms with Crippen molar-refractivity contribution in [3.63, 3.8) is 0 Å². The molecule has 0 amide bonds. The van der Waals surface area contributed by atoms with Gasteiger partial charge in [-0.1, -0.05) is 0 Å². The van der Waals surface area contributed by atoms with E-state index < -0.39 is 5.56 Å². The minimum Gasteiger partial charge on any atom is -0.490 e. The number of hydrogen-bond acceptors (Lipinski definition) is 5. The smallest absolute Gasteiger partial charge is 0.269 e. The Morgan fingerprint density at radius 1 is 1.24 bits per heavy atom. The lowest BCUT2D eigenvalue weighted by atomic mass is 10.1. The summed E-state index contributed by atoms with van der Waals surface area (Å²) in [5, 5.41) is 9.11. The maximum Gasteiger partial charge on any atom is 0.269 e. The second-order valence-corrected chi connectivity index (χ2v) is 4.09. The van der Waals surface area contributed by atoms with Gasteiger partial charge in [0.15, 0.2) is 11.5 Å². The van der Waals surface area contributed by atoms with Gasteiger partial charge in [0.2, 0.25) is 0 Å². The third kappa shape index (κ3) is 3.03. The molecule has 0 unspecified atom stereocenters. The van der Waals surface area contributed by atoms with Crippen LogP contribution in [0.3, 0.4) is 0 Å². The van der Waals surface area contributed by atoms with Crippen LogP contribution < -0.4 is 15.0 Å². The number of aromatic nitrogens is 2. The number of ether oxygens (including phenoxy) is 2. The SMILES string of the molecule is CCOc1ccc(-c2nc[nH]c(=O)c2C#N)cc1OCC. The van der Waals surface area contributed by atoms with E-state index in [9.17, 15) is 4.79 Å². The summed E-state index contributed by atoms with van der Waals surface area (Å²) in [6.07, 6.45) is 1.27. The van der Waals surface area contributed by atoms with Gasteiger partial charge in [0, 0.05) is 5.56 Å². The first kappa shape index (κ1) is 14.6. The zero-order chi connectivity index (χ0) is 15.2. The normalized spacial score (nSPS) is 9.95. The average molecular weight is 285 g/mol. The Morgan fingerprint density at radius 2 is 1.95 bits per heavy atom. The van der Waals surface area contributed by atoms with Gasteiger partial charge in [-0.3, -0.25) is 4.79 Å². The standard InChI is InChI=1S/C15H15N3O3/c1-3-20-12-6-5-10(7-13(12)21-4-2)14-11(8-16)15(19)18-9-17-14/h5-7,9H,3-4H2,1-2H3,(H,17,18,19). The topological polar surface area (TPSA) is 88.0 Å². The summed E-state index contributed by atoms with van der Waals surface area (Å²) in [5.74, 6) is 1.18. The highest BCUT2D eigenvalue weighted by Crippen LogP contribution is 2.32. The second kappa shape index (κ2) is 6.57. The predicted molar refractivity (Wildman–Crippen MR) is 77.3 cm³/mol. The quantitative estimate of drug-likeness (QED) is 0.908. The monoisotopic (exact) mass is 285 g/mol. The van der Waals surface area contributed by atoms with Gasteiger partial charge < -0.3 is 14.5 Å². The Labute approximate surface area is 122 Å². The summed E-state index contributed by atoms with van der Waals surface area (Å²) in [4.78, 5) is 18.1. The van der Waals surface area contributed by atoms with Crippen molar-refractivity contribution in [2.24, 2.45) is 0 Å². The van der Waals surface area contributed by atoms with E-state index in [1.165, 1.54) is 6.33 Å². The molecule has 1 N–H and O–H groups in total. The van der Waals surface area contributed by atoms with E-state index in [1.807, 2.05) is 19.9 Å². The van der Waals surface area contributed by atoms with Crippen molar-refractivity contribution in [3.05, 3.63) is 40.4 Å². The van der Waals surface area contributed by atoms with Crippen molar-refractivity contribution >= 4 is 0 Å². The first-order chi connectivity index (χ1) is 10.2. The Bertz CT molecular complexity index is 732. The minimum atomic E-state index is -0.464. The summed E-state index contributed by atoms with van der Waals surface area (Å²) in [7, 11) is 0. The number of benzene rings is 1. The fourth-order valence-corrected chi connectivity index (χ4v) is 1.92. The van der Waals surface area contributed by atoms with E-state index in [-0.39, 0.29) is 5.56 Å². The van der Waals surface area contributed by atoms with E-state index in [4.69, 9.17) is 14.7 Å². The van der Waals surface area contributed by atoms with Crippen LogP contribution in [-0.4, -0.2) is 23.2 Å². The van der Waals surface area contributed by atoms with Crippen LogP contribution in [0, 0.1) is 11.3 Å². The number of aromatic amines is 1. The highest BCUT2D eigenvalue weighted by Gasteiger charge is 2.13. The molecule has 1 aromatic carbocycles. The van der Waals surface area contributed by atoms with Crippen LogP contribution in [0.15, 0.2) is 29.3 Å². The van der Waals surface area contributed by atoms with Gasteiger partial charge in [-0.2, -0.15) is 5.26 Å². The van der Waals surface area contributed by atoms with Crippen molar-refractivity contribution in [1.82, 2.24) is 9.97 Å². The second-order valence-electron chi connectivity index (χ2n) is 4.09. The van der Waals surface area contributed by atoms with Crippen LogP contribution in [0.1, 0.15) is 19.4 Å². The Hall–Kier alpha value is -2.81. The van der Waals surface area contributed by atoms with Crippen molar-refractivity contribution in [3.8, 4) is 28.8 Å². The first-order valence-electron chi connectivity index (χ1n) is 6.59. The molecule has 0 fully saturated rings. The van der Waals surface area contributed by atoms with Crippen molar-refractivity contribution in [2.75, 3.05) is 13.2 Å². The molecule has 21 heavy (non-hydrogen) atoms. The Balaban J connectivity index is 2.56. The van der Waals surface area contributed by atoms with Gasteiger partial charge in [-0.25, -0.2) is 4.98 Å². The van der Waals surface area contributed by atoms with Crippen molar-refractivity contribution < 1.29 is 9.47 Å². The molecule has 0 aliphatic heterocycles. The van der Waals surface area contributed by atoms with Crippen molar-refractivity contribution in [1.29, 1.82) is 5.26 Å². The lowest BCUT2D eigenvalue weighted by Crippen LogP contribution is -2.12. The summed E-state index contributed by atoms with van der Waals surface area (Å²) in [5.41, 5.74) is 0.466. The van der Waals surface area contributed by atoms with Gasteiger partial charge in [0.25, 0.3) is 5.56 Å². The number of nitriles is 1. The van der Waals surface area contributed by atoms with Gasteiger partial charge in [0.05, 0.1) is 25.2 Å². The molecule has 0 saturated heterocycles. The third-order valence-corrected chi connectivity index (χ3v) is 2.78. The molecule has 6 heteroatoms. The number of nitrogens with zero attached hydrogens (tertiary/aromatic N) is 2. The predicted octanol–water partition coefficient (Wildman–Crippen LogP) is 2.11. The van der Waals surface area contributed by atoms with Crippen molar-refractivity contribution in [2.45, 2.75) is 13.8 Å². The molecule has 108 valence electrons. The van der Waals surface area contributed by atoms with Crippen LogP contribution in [0.2, 0.25) is 0 Å². The van der Waals surface area contributed by atoms with Gasteiger partial charge in [0.1, 0.15) is 11.6 Å². The van der Waals surface area contributed by atoms with Gasteiger partial charge >= 0.3 is 0 Å². The molecule has 1 aromatic heterocycles. The summed E-state index contributed by atoms with van der Waals surface area (Å²) < 4.78 is 11.0. The molecule has 0 bridgehead atoms. The third-order valence-electron chi connectivity index (χ3n) is 2.78. The van der Waals surface area contributed by atoms with Crippen LogP contribution in [-0.2, 0) is 0 Å². The molecular formula is C15H15N3O3. The maximum absolute atomic E-state index is 11.7. The molecule has 0 radical (unpaired) electrons. The molecule has 0 atom stereocenters. The number of rotatable bonds is 5. The molecular weight excluding hydrogens is 270 g/mol. The number of nitrogens with one attached hydrogen (secondary N) is 1. The molecule has 2 aromatic rings. The van der Waals surface area contributed by atoms with Crippen LogP contribution in [0.25, 0.3) is 11.3 Å². The number of H-pyrrole nitrogens is 1. The highest BCUT2D eigenvalue weighted by atomic mass is 16.5. The molecule has 0 aliphatic rings. The van der Waals surface area contributed by atoms with E-state index in [0.29, 0.717) is 36.0 Å². The van der Waals surface area contributed by atoms with E-state index >= 15 is 0 Å². The molecule has 2 rings (SSSR count). The lowest BCUT2D eigenvalue weighted by molar-refractivity contribution is 0.288. The fourth-order valence-electron chi connectivity index (χ4n) is 1.92. The minimum absolute atomic E-state index is 0.0240. The Morgan fingerprint density at radius 3 is 2.62 bits per heavy atom. The molecule has 0 aliphatic carbocycles. The Kier molecular flexibility index (Phi) is 4.57. The number of hydrogen-bond donors (Lipinski definition) is 1. The average Bonchev–Trinajstić information content (AvgIpc) is 2.49. The van der Waals surface area contributed by atoms with Crippen LogP contribution in [0.4, 0.5) is 0 Å². The molecule has 1 heterocycles. The summed E-state index contributed by atoms with van der Waals surface area (Å²) in [6, 6.07) is 7.08. The maximum atomic E-state index is 11.7. The molecule has 0 spiro atoms. The summed E-state index contributed by atoms with van der Waals surface area (Å²) >= 11 is 0. The fraction of sp³-hybridized carbons (Fsp3) is 0.267. The largest absolute Gasteiger partial charge is 0.490 e. The van der Waals surface area contributed by atoms with E-state index in [2.05, 4.69) is 9.97 Å². The highest BCUT2D eigenvalue weighted by molar-refractivity contribution is 5.68. The van der Waals surface area contributed by atoms with Gasteiger partial charge in [-0.05, 0) is 32.0 Å². The van der Waals surface area contributed by atoms with E-state index in [0.717, 1.165) is 0 Å². The zero-order valence-electron chi connectivity index (χ0n) is 11.8. The molecule has 0 saturated carbocycles. The van der Waals surface area contributed by atoms with E-state index in [1.54, 1.807) is 18.2 Å². The van der Waals surface area contributed by atoms with Crippen LogP contribution >= 0.6 is 0 Å². The first-order valence-corrected chi connectivity index (χ1v) is 6.59. The summed E-state index contributed by atoms with van der Waals surface area (Å²) in [6.45, 7) is 4.76. The zero-order valence-corrected chi connectivity index (χ0v) is 11.8. The molecule has 6 nitrogen and oxygen atoms in total. The lowest BCUT2D eigenvalue weighted by Gasteiger charge is -2.12. The van der Waals surface area contributed by atoms with Crippen LogP contribution in [0.5, 0.6) is 11.5 Å².